The van der Waals surface area contributed by atoms with E-state index < -0.39 is 0 Å². The van der Waals surface area contributed by atoms with E-state index in [1.165, 1.54) is 10.5 Å². The quantitative estimate of drug-likeness (QED) is 0.688. The molecule has 0 radical (unpaired) electrons. The molecule has 3 saturated heterocycles. The lowest BCUT2D eigenvalue weighted by Crippen LogP contribution is -2.53. The Morgan fingerprint density at radius 2 is 1.69 bits per heavy atom. The first-order valence-electron chi connectivity index (χ1n) is 9.90. The summed E-state index contributed by atoms with van der Waals surface area (Å²) in [6, 6.07) is 16.8. The number of benzene rings is 2. The number of carbonyl (C=O) groups excluding carboxylic acids is 2. The van der Waals surface area contributed by atoms with E-state index in [2.05, 4.69) is 29.2 Å². The van der Waals surface area contributed by atoms with Crippen LogP contribution in [0.5, 0.6) is 0 Å². The number of hydrogen-bond donors (Lipinski definition) is 0. The summed E-state index contributed by atoms with van der Waals surface area (Å²) in [4.78, 5) is 31.7. The topological polar surface area (TPSA) is 43.9 Å². The van der Waals surface area contributed by atoms with Crippen LogP contribution in [-0.2, 0) is 11.3 Å². The molecule has 7 heteroatoms. The van der Waals surface area contributed by atoms with Gasteiger partial charge >= 0.3 is 6.03 Å². The Hall–Kier alpha value is -2.02. The molecule has 5 rings (SSSR count). The third-order valence-electron chi connectivity index (χ3n) is 6.13. The van der Waals surface area contributed by atoms with Crippen LogP contribution in [-0.4, -0.2) is 51.5 Å². The minimum atomic E-state index is -0.358. The summed E-state index contributed by atoms with van der Waals surface area (Å²) in [6.45, 7) is 2.77. The van der Waals surface area contributed by atoms with Crippen molar-refractivity contribution in [1.82, 2.24) is 9.80 Å². The summed E-state index contributed by atoms with van der Waals surface area (Å²) in [5, 5.41) is 0.589. The number of amides is 3. The van der Waals surface area contributed by atoms with Gasteiger partial charge in [-0.05, 0) is 42.7 Å². The maximum absolute atomic E-state index is 13.3. The van der Waals surface area contributed by atoms with Gasteiger partial charge in [-0.15, -0.1) is 11.8 Å². The number of hydrogen-bond acceptors (Lipinski definition) is 4. The Labute approximate surface area is 179 Å². The van der Waals surface area contributed by atoms with Crippen molar-refractivity contribution in [3.63, 3.8) is 0 Å². The fourth-order valence-corrected chi connectivity index (χ4v) is 6.32. The number of anilines is 1. The van der Waals surface area contributed by atoms with E-state index in [-0.39, 0.29) is 22.9 Å². The predicted octanol–water partition coefficient (Wildman–Crippen LogP) is 4.22. The summed E-state index contributed by atoms with van der Waals surface area (Å²) >= 11 is 7.75. The van der Waals surface area contributed by atoms with Crippen LogP contribution in [0.4, 0.5) is 10.5 Å². The highest BCUT2D eigenvalue weighted by molar-refractivity contribution is 8.01. The van der Waals surface area contributed by atoms with E-state index in [4.69, 9.17) is 11.6 Å². The van der Waals surface area contributed by atoms with Crippen molar-refractivity contribution in [2.24, 2.45) is 0 Å². The molecule has 3 aliphatic heterocycles. The van der Waals surface area contributed by atoms with Gasteiger partial charge in [0.1, 0.15) is 6.04 Å². The van der Waals surface area contributed by atoms with Crippen LogP contribution < -0.4 is 4.90 Å². The highest BCUT2D eigenvalue weighted by Crippen LogP contribution is 2.50. The van der Waals surface area contributed by atoms with Crippen LogP contribution in [0.3, 0.4) is 0 Å². The number of nitrogens with zero attached hydrogens (tertiary/aromatic N) is 3. The number of fused-ring (bicyclic) bond motifs is 2. The van der Waals surface area contributed by atoms with Crippen LogP contribution in [0.25, 0.3) is 0 Å². The Balaban J connectivity index is 1.32. The minimum absolute atomic E-state index is 0.117. The Morgan fingerprint density at radius 1 is 1.00 bits per heavy atom. The van der Waals surface area contributed by atoms with Gasteiger partial charge in [-0.25, -0.2) is 9.69 Å². The maximum atomic E-state index is 13.3. The number of halogens is 1. The molecule has 0 aliphatic carbocycles. The van der Waals surface area contributed by atoms with E-state index >= 15 is 0 Å². The molecule has 3 fully saturated rings. The predicted molar refractivity (Wildman–Crippen MR) is 116 cm³/mol. The van der Waals surface area contributed by atoms with Gasteiger partial charge in [0, 0.05) is 30.4 Å². The number of imide groups is 1. The first-order chi connectivity index (χ1) is 14.1. The van der Waals surface area contributed by atoms with Crippen molar-refractivity contribution in [1.29, 1.82) is 0 Å². The largest absolute Gasteiger partial charge is 0.333 e. The van der Waals surface area contributed by atoms with E-state index in [0.717, 1.165) is 32.5 Å². The van der Waals surface area contributed by atoms with Gasteiger partial charge in [-0.3, -0.25) is 14.6 Å². The number of piperidine rings is 1. The first-order valence-corrected chi connectivity index (χ1v) is 11.3. The van der Waals surface area contributed by atoms with Crippen molar-refractivity contribution >= 4 is 41.0 Å². The van der Waals surface area contributed by atoms with Gasteiger partial charge in [0.25, 0.3) is 5.91 Å². The van der Waals surface area contributed by atoms with Gasteiger partial charge in [0.15, 0.2) is 0 Å². The van der Waals surface area contributed by atoms with E-state index in [1.54, 1.807) is 36.0 Å². The number of carbonyl (C=O) groups is 2. The van der Waals surface area contributed by atoms with Gasteiger partial charge in [0.2, 0.25) is 0 Å². The molecule has 0 saturated carbocycles. The van der Waals surface area contributed by atoms with E-state index in [1.807, 2.05) is 11.0 Å². The average molecular weight is 428 g/mol. The number of thioether (sulfide) groups is 1. The molecule has 29 heavy (non-hydrogen) atoms. The Morgan fingerprint density at radius 3 is 2.38 bits per heavy atom. The SMILES string of the molecule is O=C1[C@@H]2CSC3(CCN(Cc4ccccc4)CC3)N2C(=O)N1c1ccc(Cl)cc1. The van der Waals surface area contributed by atoms with Crippen LogP contribution in [0, 0.1) is 0 Å². The minimum Gasteiger partial charge on any atom is -0.299 e. The summed E-state index contributed by atoms with van der Waals surface area (Å²) < 4.78 is 0. The number of rotatable bonds is 3. The molecule has 0 unspecified atom stereocenters. The first kappa shape index (κ1) is 19.0. The molecule has 1 spiro atoms. The summed E-state index contributed by atoms with van der Waals surface area (Å²) in [7, 11) is 0. The third-order valence-corrected chi connectivity index (χ3v) is 8.01. The van der Waals surface area contributed by atoms with Crippen molar-refractivity contribution in [3.05, 3.63) is 65.2 Å². The summed E-state index contributed by atoms with van der Waals surface area (Å²) in [5.74, 6) is 0.557. The van der Waals surface area contributed by atoms with Gasteiger partial charge in [-0.1, -0.05) is 41.9 Å². The second-order valence-corrected chi connectivity index (χ2v) is 9.66. The highest BCUT2D eigenvalue weighted by atomic mass is 35.5. The molecule has 150 valence electrons. The molecule has 1 atom stereocenters. The standard InChI is InChI=1S/C22H22ClN3O2S/c23-17-6-8-18(9-7-17)25-20(27)19-15-29-22(26(19)21(25)28)10-12-24(13-11-22)14-16-4-2-1-3-5-16/h1-9,19H,10-15H2/t19-/m0/s1. The molecule has 3 aliphatic rings. The molecule has 0 N–H and O–H groups in total. The molecule has 3 amide bonds. The average Bonchev–Trinajstić information content (AvgIpc) is 3.22. The lowest BCUT2D eigenvalue weighted by Gasteiger charge is -2.43. The fraction of sp³-hybridized carbons (Fsp3) is 0.364. The lowest BCUT2D eigenvalue weighted by molar-refractivity contribution is -0.119. The van der Waals surface area contributed by atoms with E-state index in [9.17, 15) is 9.59 Å². The molecule has 2 aromatic carbocycles. The van der Waals surface area contributed by atoms with Gasteiger partial charge < -0.3 is 0 Å². The second-order valence-electron chi connectivity index (χ2n) is 7.84. The molecule has 0 aromatic heterocycles. The normalized spacial score (nSPS) is 23.8. The van der Waals surface area contributed by atoms with Crippen molar-refractivity contribution < 1.29 is 9.59 Å². The molecule has 3 heterocycles. The summed E-state index contributed by atoms with van der Waals surface area (Å²) in [6.07, 6.45) is 1.77. The number of urea groups is 1. The fourth-order valence-electron chi connectivity index (χ4n) is 4.62. The van der Waals surface area contributed by atoms with Crippen molar-refractivity contribution in [3.8, 4) is 0 Å². The van der Waals surface area contributed by atoms with Gasteiger partial charge in [0.05, 0.1) is 10.6 Å². The Bertz CT molecular complexity index is 929. The zero-order valence-corrected chi connectivity index (χ0v) is 17.5. The maximum Gasteiger partial charge on any atom is 0.333 e. The number of likely N-dealkylation sites (tertiary alicyclic amines) is 1. The molecule has 2 aromatic rings. The zero-order valence-electron chi connectivity index (χ0n) is 16.0. The van der Waals surface area contributed by atoms with Crippen LogP contribution in [0.2, 0.25) is 5.02 Å². The molecule has 5 nitrogen and oxygen atoms in total. The molecular formula is C22H22ClN3O2S. The van der Waals surface area contributed by atoms with Crippen LogP contribution in [0.15, 0.2) is 54.6 Å². The van der Waals surface area contributed by atoms with Crippen molar-refractivity contribution in [2.75, 3.05) is 23.7 Å². The highest BCUT2D eigenvalue weighted by Gasteiger charge is 2.60. The molecular weight excluding hydrogens is 406 g/mol. The summed E-state index contributed by atoms with van der Waals surface area (Å²) in [5.41, 5.74) is 1.90. The second kappa shape index (κ2) is 7.35. The van der Waals surface area contributed by atoms with Crippen molar-refractivity contribution in [2.45, 2.75) is 30.3 Å². The monoisotopic (exact) mass is 427 g/mol. The Kier molecular flexibility index (Phi) is 4.81. The lowest BCUT2D eigenvalue weighted by atomic mass is 10.0. The smallest absolute Gasteiger partial charge is 0.299 e. The third kappa shape index (κ3) is 3.23. The van der Waals surface area contributed by atoms with Crippen LogP contribution in [0.1, 0.15) is 18.4 Å². The molecule has 0 bridgehead atoms. The van der Waals surface area contributed by atoms with E-state index in [0.29, 0.717) is 16.5 Å². The van der Waals surface area contributed by atoms with Gasteiger partial charge in [-0.2, -0.15) is 0 Å². The zero-order chi connectivity index (χ0) is 20.0. The van der Waals surface area contributed by atoms with Crippen LogP contribution >= 0.6 is 23.4 Å².